The Bertz CT molecular complexity index is 637. The molecule has 6 heteroatoms. The number of benzene rings is 1. The van der Waals surface area contributed by atoms with Gasteiger partial charge in [-0.15, -0.1) is 0 Å². The fraction of sp³-hybridized carbons (Fsp3) is 0.579. The van der Waals surface area contributed by atoms with Crippen molar-refractivity contribution in [2.45, 2.75) is 64.6 Å². The molecule has 2 rings (SSSR count). The van der Waals surface area contributed by atoms with Crippen LogP contribution in [0.25, 0.3) is 0 Å². The Labute approximate surface area is 149 Å². The van der Waals surface area contributed by atoms with E-state index in [2.05, 4.69) is 5.32 Å². The third-order valence-electron chi connectivity index (χ3n) is 4.57. The zero-order valence-electron chi connectivity index (χ0n) is 15.8. The molecule has 0 unspecified atom stereocenters. The van der Waals surface area contributed by atoms with Crippen LogP contribution in [0.5, 0.6) is 5.75 Å². The summed E-state index contributed by atoms with van der Waals surface area (Å²) in [6.45, 7) is 10.1. The molecule has 1 aromatic rings. The van der Waals surface area contributed by atoms with Gasteiger partial charge in [-0.3, -0.25) is 9.59 Å². The molecule has 138 valence electrons. The smallest absolute Gasteiger partial charge is 0.314 e. The molecular formula is C19H29N3O3. The van der Waals surface area contributed by atoms with Gasteiger partial charge in [-0.2, -0.15) is 0 Å². The van der Waals surface area contributed by atoms with E-state index in [1.54, 1.807) is 23.1 Å². The van der Waals surface area contributed by atoms with Gasteiger partial charge in [0, 0.05) is 17.1 Å². The van der Waals surface area contributed by atoms with Gasteiger partial charge in [0.05, 0.1) is 12.3 Å². The van der Waals surface area contributed by atoms with Crippen LogP contribution in [0.4, 0.5) is 5.69 Å². The van der Waals surface area contributed by atoms with Crippen LogP contribution in [-0.2, 0) is 9.59 Å². The average molecular weight is 347 g/mol. The van der Waals surface area contributed by atoms with Crippen LogP contribution in [0, 0.1) is 0 Å². The van der Waals surface area contributed by atoms with Gasteiger partial charge < -0.3 is 20.7 Å². The molecule has 1 aliphatic rings. The summed E-state index contributed by atoms with van der Waals surface area (Å²) in [6, 6.07) is 7.10. The molecule has 0 saturated carbocycles. The summed E-state index contributed by atoms with van der Waals surface area (Å²) in [5.41, 5.74) is 5.66. The third kappa shape index (κ3) is 4.12. The molecule has 0 aromatic heterocycles. The number of para-hydroxylation sites is 2. The first-order valence-electron chi connectivity index (χ1n) is 8.71. The second kappa shape index (κ2) is 7.04. The third-order valence-corrected chi connectivity index (χ3v) is 4.57. The van der Waals surface area contributed by atoms with Gasteiger partial charge in [0.1, 0.15) is 5.75 Å². The van der Waals surface area contributed by atoms with E-state index in [9.17, 15) is 9.59 Å². The molecule has 1 fully saturated rings. The number of nitrogens with one attached hydrogen (secondary N) is 1. The normalized spacial score (nSPS) is 19.4. The quantitative estimate of drug-likeness (QED) is 0.823. The van der Waals surface area contributed by atoms with E-state index in [4.69, 9.17) is 10.5 Å². The van der Waals surface area contributed by atoms with Gasteiger partial charge >= 0.3 is 11.8 Å². The van der Waals surface area contributed by atoms with Gasteiger partial charge in [-0.05, 0) is 59.6 Å². The van der Waals surface area contributed by atoms with Crippen molar-refractivity contribution >= 4 is 17.5 Å². The molecule has 2 amide bonds. The Hall–Kier alpha value is -2.08. The molecular weight excluding hydrogens is 318 g/mol. The Morgan fingerprint density at radius 2 is 1.76 bits per heavy atom. The van der Waals surface area contributed by atoms with Crippen LogP contribution in [0.2, 0.25) is 0 Å². The molecule has 25 heavy (non-hydrogen) atoms. The van der Waals surface area contributed by atoms with Crippen LogP contribution < -0.4 is 15.8 Å². The number of hydrogen-bond donors (Lipinski definition) is 2. The largest absolute Gasteiger partial charge is 0.492 e. The van der Waals surface area contributed by atoms with Crippen molar-refractivity contribution in [3.05, 3.63) is 24.3 Å². The molecule has 6 nitrogen and oxygen atoms in total. The molecule has 1 aliphatic heterocycles. The Kier molecular flexibility index (Phi) is 5.42. The molecule has 0 radical (unpaired) electrons. The number of piperidine rings is 1. The van der Waals surface area contributed by atoms with Crippen molar-refractivity contribution in [2.75, 3.05) is 11.9 Å². The highest BCUT2D eigenvalue weighted by molar-refractivity contribution is 6.40. The van der Waals surface area contributed by atoms with Crippen LogP contribution in [0.1, 0.15) is 47.5 Å². The number of amides is 2. The Balaban J connectivity index is 2.23. The zero-order chi connectivity index (χ0) is 18.8. The van der Waals surface area contributed by atoms with Crippen molar-refractivity contribution in [1.82, 2.24) is 4.90 Å². The van der Waals surface area contributed by atoms with Crippen molar-refractivity contribution in [2.24, 2.45) is 5.73 Å². The highest BCUT2D eigenvalue weighted by atomic mass is 16.5. The van der Waals surface area contributed by atoms with E-state index in [0.29, 0.717) is 30.9 Å². The SMILES string of the molecule is CCOc1ccccc1NC(=O)C(=O)N1C(C)(C)CC(N)CC1(C)C. The minimum Gasteiger partial charge on any atom is -0.492 e. The van der Waals surface area contributed by atoms with Crippen LogP contribution in [-0.4, -0.2) is 40.4 Å². The summed E-state index contributed by atoms with van der Waals surface area (Å²) in [4.78, 5) is 27.2. The van der Waals surface area contributed by atoms with E-state index < -0.39 is 22.9 Å². The van der Waals surface area contributed by atoms with E-state index in [1.807, 2.05) is 40.7 Å². The maximum Gasteiger partial charge on any atom is 0.314 e. The van der Waals surface area contributed by atoms with Gasteiger partial charge in [0.25, 0.3) is 0 Å². The summed E-state index contributed by atoms with van der Waals surface area (Å²) in [5, 5.41) is 2.69. The minimum absolute atomic E-state index is 0.00999. The predicted octanol–water partition coefficient (Wildman–Crippen LogP) is 2.53. The van der Waals surface area contributed by atoms with Gasteiger partial charge in [0.2, 0.25) is 0 Å². The van der Waals surface area contributed by atoms with Crippen LogP contribution in [0.15, 0.2) is 24.3 Å². The second-order valence-corrected chi connectivity index (χ2v) is 7.82. The number of carbonyl (C=O) groups excluding carboxylic acids is 2. The summed E-state index contributed by atoms with van der Waals surface area (Å²) < 4.78 is 5.50. The monoisotopic (exact) mass is 347 g/mol. The molecule has 1 saturated heterocycles. The van der Waals surface area contributed by atoms with Crippen molar-refractivity contribution in [1.29, 1.82) is 0 Å². The van der Waals surface area contributed by atoms with E-state index >= 15 is 0 Å². The molecule has 1 heterocycles. The maximum atomic E-state index is 12.9. The second-order valence-electron chi connectivity index (χ2n) is 7.82. The number of nitrogens with zero attached hydrogens (tertiary/aromatic N) is 1. The first-order valence-corrected chi connectivity index (χ1v) is 8.71. The first-order chi connectivity index (χ1) is 11.6. The Morgan fingerprint density at radius 1 is 1.20 bits per heavy atom. The fourth-order valence-electron chi connectivity index (χ4n) is 4.04. The first kappa shape index (κ1) is 19.2. The number of ether oxygens (including phenoxy) is 1. The number of hydrogen-bond acceptors (Lipinski definition) is 4. The zero-order valence-corrected chi connectivity index (χ0v) is 15.8. The number of rotatable bonds is 3. The molecule has 3 N–H and O–H groups in total. The lowest BCUT2D eigenvalue weighted by atomic mass is 9.77. The van der Waals surface area contributed by atoms with Crippen molar-refractivity contribution in [3.63, 3.8) is 0 Å². The number of nitrogens with two attached hydrogens (primary N) is 1. The molecule has 0 bridgehead atoms. The molecule has 0 atom stereocenters. The van der Waals surface area contributed by atoms with Crippen molar-refractivity contribution in [3.8, 4) is 5.75 Å². The number of likely N-dealkylation sites (tertiary alicyclic amines) is 1. The molecule has 1 aromatic carbocycles. The van der Waals surface area contributed by atoms with Crippen molar-refractivity contribution < 1.29 is 14.3 Å². The summed E-state index contributed by atoms with van der Waals surface area (Å²) in [7, 11) is 0. The van der Waals surface area contributed by atoms with Crippen LogP contribution >= 0.6 is 0 Å². The topological polar surface area (TPSA) is 84.7 Å². The lowest BCUT2D eigenvalue weighted by Crippen LogP contribution is -2.66. The highest BCUT2D eigenvalue weighted by Gasteiger charge is 2.48. The maximum absolute atomic E-state index is 12.9. The number of carbonyl (C=O) groups is 2. The Morgan fingerprint density at radius 3 is 2.32 bits per heavy atom. The van der Waals surface area contributed by atoms with E-state index in [0.717, 1.165) is 0 Å². The highest BCUT2D eigenvalue weighted by Crippen LogP contribution is 2.38. The van der Waals surface area contributed by atoms with Crippen LogP contribution in [0.3, 0.4) is 0 Å². The predicted molar refractivity (Wildman–Crippen MR) is 98.5 cm³/mol. The standard InChI is InChI=1S/C19H29N3O3/c1-6-25-15-10-8-7-9-14(15)21-16(23)17(24)22-18(2,3)11-13(20)12-19(22,4)5/h7-10,13H,6,11-12,20H2,1-5H3,(H,21,23). The van der Waals surface area contributed by atoms with Gasteiger partial charge in [-0.25, -0.2) is 0 Å². The summed E-state index contributed by atoms with van der Waals surface area (Å²) in [5.74, 6) is -0.665. The molecule has 0 spiro atoms. The summed E-state index contributed by atoms with van der Waals surface area (Å²) >= 11 is 0. The van der Waals surface area contributed by atoms with E-state index in [1.165, 1.54) is 0 Å². The average Bonchev–Trinajstić information content (AvgIpc) is 2.46. The summed E-state index contributed by atoms with van der Waals surface area (Å²) in [6.07, 6.45) is 1.32. The van der Waals surface area contributed by atoms with E-state index in [-0.39, 0.29) is 6.04 Å². The minimum atomic E-state index is -0.663. The lowest BCUT2D eigenvalue weighted by molar-refractivity contribution is -0.156. The van der Waals surface area contributed by atoms with Gasteiger partial charge in [-0.1, -0.05) is 12.1 Å². The molecule has 0 aliphatic carbocycles. The van der Waals surface area contributed by atoms with Gasteiger partial charge in [0.15, 0.2) is 0 Å². The lowest BCUT2D eigenvalue weighted by Gasteiger charge is -2.54. The number of anilines is 1. The fourth-order valence-corrected chi connectivity index (χ4v) is 4.04.